The molecule has 1 aromatic heterocycles. The van der Waals surface area contributed by atoms with Crippen molar-refractivity contribution in [3.63, 3.8) is 0 Å². The second-order valence-corrected chi connectivity index (χ2v) is 7.50. The quantitative estimate of drug-likeness (QED) is 0.411. The number of thiazole rings is 1. The molecule has 0 radical (unpaired) electrons. The molecule has 0 aliphatic rings. The zero-order chi connectivity index (χ0) is 22.6. The van der Waals surface area contributed by atoms with Gasteiger partial charge in [-0.25, -0.2) is 9.37 Å². The van der Waals surface area contributed by atoms with Crippen molar-refractivity contribution >= 4 is 17.2 Å². The molecule has 0 saturated heterocycles. The number of carbonyl (C=O) groups is 1. The molecule has 0 spiro atoms. The molecule has 0 aliphatic carbocycles. The van der Waals surface area contributed by atoms with Crippen LogP contribution in [0.3, 0.4) is 0 Å². The number of hydrogen-bond donors (Lipinski definition) is 0. The Kier molecular flexibility index (Phi) is 6.94. The van der Waals surface area contributed by atoms with E-state index in [-0.39, 0.29) is 29.5 Å². The molecule has 2 aromatic carbocycles. The predicted octanol–water partition coefficient (Wildman–Crippen LogP) is 6.03. The molecular weight excluding hydrogens is 432 g/mol. The predicted molar refractivity (Wildman–Crippen MR) is 111 cm³/mol. The largest absolute Gasteiger partial charge is 0.489 e. The first-order valence-corrected chi connectivity index (χ1v) is 10.4. The number of carbonyl (C=O) groups excluding carboxylic acids is 1. The zero-order valence-electron chi connectivity index (χ0n) is 16.9. The monoisotopic (exact) mass is 452 g/mol. The van der Waals surface area contributed by atoms with E-state index in [0.29, 0.717) is 23.7 Å². The summed E-state index contributed by atoms with van der Waals surface area (Å²) in [6.45, 7) is 4.70. The molecule has 0 aliphatic heterocycles. The van der Waals surface area contributed by atoms with Crippen LogP contribution in [0.2, 0.25) is 0 Å². The fraction of sp³-hybridized carbons (Fsp3) is 0.273. The second kappa shape index (κ2) is 9.47. The van der Waals surface area contributed by atoms with Gasteiger partial charge in [0.15, 0.2) is 0 Å². The Morgan fingerprint density at radius 2 is 1.87 bits per heavy atom. The second-order valence-electron chi connectivity index (χ2n) is 6.64. The van der Waals surface area contributed by atoms with Gasteiger partial charge in [0.1, 0.15) is 28.9 Å². The lowest BCUT2D eigenvalue weighted by atomic mass is 10.1. The normalized spacial score (nSPS) is 11.4. The number of benzene rings is 2. The van der Waals surface area contributed by atoms with Crippen molar-refractivity contribution < 1.29 is 27.1 Å². The van der Waals surface area contributed by atoms with Crippen molar-refractivity contribution in [3.05, 3.63) is 70.5 Å². The van der Waals surface area contributed by atoms with Gasteiger partial charge in [-0.05, 0) is 43.7 Å². The van der Waals surface area contributed by atoms with Crippen LogP contribution in [-0.4, -0.2) is 28.9 Å². The maximum absolute atomic E-state index is 14.6. The van der Waals surface area contributed by atoms with Gasteiger partial charge in [-0.1, -0.05) is 12.1 Å². The highest BCUT2D eigenvalue weighted by molar-refractivity contribution is 7.13. The smallest absolute Gasteiger partial charge is 0.416 e. The molecule has 0 N–H and O–H groups in total. The summed E-state index contributed by atoms with van der Waals surface area (Å²) in [6.07, 6.45) is -4.44. The van der Waals surface area contributed by atoms with E-state index in [1.54, 1.807) is 10.3 Å². The van der Waals surface area contributed by atoms with Gasteiger partial charge in [0.2, 0.25) is 0 Å². The number of rotatable bonds is 7. The van der Waals surface area contributed by atoms with Gasteiger partial charge in [0.25, 0.3) is 5.91 Å². The Bertz CT molecular complexity index is 1060. The van der Waals surface area contributed by atoms with Crippen LogP contribution in [0, 0.1) is 5.82 Å². The van der Waals surface area contributed by atoms with Crippen molar-refractivity contribution in [1.82, 2.24) is 9.88 Å². The van der Waals surface area contributed by atoms with Crippen molar-refractivity contribution in [2.75, 3.05) is 13.1 Å². The van der Waals surface area contributed by atoms with Crippen LogP contribution >= 0.6 is 11.3 Å². The molecule has 1 amide bonds. The minimum absolute atomic E-state index is 0.136. The van der Waals surface area contributed by atoms with Gasteiger partial charge in [0.05, 0.1) is 5.56 Å². The van der Waals surface area contributed by atoms with E-state index in [2.05, 4.69) is 4.98 Å². The molecule has 0 unspecified atom stereocenters. The Balaban J connectivity index is 1.72. The van der Waals surface area contributed by atoms with E-state index in [4.69, 9.17) is 4.74 Å². The van der Waals surface area contributed by atoms with Crippen molar-refractivity contribution in [2.24, 2.45) is 0 Å². The highest BCUT2D eigenvalue weighted by atomic mass is 32.1. The number of aromatic nitrogens is 1. The van der Waals surface area contributed by atoms with E-state index < -0.39 is 17.6 Å². The first-order chi connectivity index (χ1) is 14.7. The highest BCUT2D eigenvalue weighted by Gasteiger charge is 2.30. The Morgan fingerprint density at radius 1 is 1.13 bits per heavy atom. The maximum atomic E-state index is 14.6. The fourth-order valence-electron chi connectivity index (χ4n) is 2.93. The van der Waals surface area contributed by atoms with Crippen LogP contribution in [0.25, 0.3) is 10.6 Å². The minimum Gasteiger partial charge on any atom is -0.489 e. The molecule has 1 heterocycles. The van der Waals surface area contributed by atoms with Crippen LogP contribution in [-0.2, 0) is 12.8 Å². The van der Waals surface area contributed by atoms with Crippen LogP contribution in [0.15, 0.2) is 47.8 Å². The van der Waals surface area contributed by atoms with Gasteiger partial charge in [-0.2, -0.15) is 13.2 Å². The maximum Gasteiger partial charge on any atom is 0.416 e. The lowest BCUT2D eigenvalue weighted by molar-refractivity contribution is -0.137. The molecule has 0 bridgehead atoms. The average molecular weight is 452 g/mol. The number of hydrogen-bond acceptors (Lipinski definition) is 4. The van der Waals surface area contributed by atoms with Crippen molar-refractivity contribution in [2.45, 2.75) is 26.6 Å². The molecule has 0 atom stereocenters. The van der Waals surface area contributed by atoms with E-state index in [0.717, 1.165) is 29.5 Å². The lowest BCUT2D eigenvalue weighted by Crippen LogP contribution is -2.30. The summed E-state index contributed by atoms with van der Waals surface area (Å²) in [6, 6.07) is 8.91. The molecule has 3 aromatic rings. The molecule has 164 valence electrons. The number of ether oxygens (including phenoxy) is 1. The molecule has 9 heteroatoms. The SMILES string of the molecule is CCN(CC)C(=O)c1csc(-c2ccc(OCc3cccc(C(F)(F)F)c3)cc2F)n1. The van der Waals surface area contributed by atoms with E-state index in [1.165, 1.54) is 24.3 Å². The Hall–Kier alpha value is -2.94. The standard InChI is InChI=1S/C22H20F4N2O2S/c1-3-28(4-2)21(29)19-13-31-20(27-19)17-9-8-16(11-18(17)23)30-12-14-6-5-7-15(10-14)22(24,25)26/h5-11,13H,3-4,12H2,1-2H3. The topological polar surface area (TPSA) is 42.4 Å². The van der Waals surface area contributed by atoms with Crippen molar-refractivity contribution in [1.29, 1.82) is 0 Å². The Morgan fingerprint density at radius 3 is 2.52 bits per heavy atom. The summed E-state index contributed by atoms with van der Waals surface area (Å²) in [4.78, 5) is 18.3. The van der Waals surface area contributed by atoms with Crippen LogP contribution < -0.4 is 4.74 Å². The molecule has 0 saturated carbocycles. The van der Waals surface area contributed by atoms with Gasteiger partial charge >= 0.3 is 6.18 Å². The molecular formula is C22H20F4N2O2S. The summed E-state index contributed by atoms with van der Waals surface area (Å²) < 4.78 is 58.5. The molecule has 3 rings (SSSR count). The first-order valence-electron chi connectivity index (χ1n) is 9.56. The van der Waals surface area contributed by atoms with E-state index >= 15 is 0 Å². The van der Waals surface area contributed by atoms with Gasteiger partial charge in [0, 0.05) is 30.1 Å². The Labute approximate surface area is 181 Å². The van der Waals surface area contributed by atoms with Gasteiger partial charge in [-0.15, -0.1) is 11.3 Å². The molecule has 31 heavy (non-hydrogen) atoms. The van der Waals surface area contributed by atoms with Crippen LogP contribution in [0.5, 0.6) is 5.75 Å². The summed E-state index contributed by atoms with van der Waals surface area (Å²) >= 11 is 1.16. The first kappa shape index (κ1) is 22.7. The third kappa shape index (κ3) is 5.41. The number of halogens is 4. The summed E-state index contributed by atoms with van der Waals surface area (Å²) in [5.41, 5.74) is 0.0238. The van der Waals surface area contributed by atoms with Crippen LogP contribution in [0.1, 0.15) is 35.5 Å². The fourth-order valence-corrected chi connectivity index (χ4v) is 3.75. The number of nitrogens with zero attached hydrogens (tertiary/aromatic N) is 2. The molecule has 4 nitrogen and oxygen atoms in total. The van der Waals surface area contributed by atoms with E-state index in [9.17, 15) is 22.4 Å². The summed E-state index contributed by atoms with van der Waals surface area (Å²) in [5.74, 6) is -0.638. The molecule has 0 fully saturated rings. The van der Waals surface area contributed by atoms with Crippen molar-refractivity contribution in [3.8, 4) is 16.3 Å². The number of alkyl halides is 3. The number of amides is 1. The summed E-state index contributed by atoms with van der Waals surface area (Å²) in [7, 11) is 0. The van der Waals surface area contributed by atoms with Gasteiger partial charge < -0.3 is 9.64 Å². The summed E-state index contributed by atoms with van der Waals surface area (Å²) in [5, 5.41) is 1.95. The lowest BCUT2D eigenvalue weighted by Gasteiger charge is -2.16. The zero-order valence-corrected chi connectivity index (χ0v) is 17.7. The average Bonchev–Trinajstić information content (AvgIpc) is 3.22. The van der Waals surface area contributed by atoms with E-state index in [1.807, 2.05) is 13.8 Å². The minimum atomic E-state index is -4.44. The van der Waals surface area contributed by atoms with Crippen LogP contribution in [0.4, 0.5) is 17.6 Å². The highest BCUT2D eigenvalue weighted by Crippen LogP contribution is 2.31. The third-order valence-corrected chi connectivity index (χ3v) is 5.48. The van der Waals surface area contributed by atoms with Gasteiger partial charge in [-0.3, -0.25) is 4.79 Å². The third-order valence-electron chi connectivity index (χ3n) is 4.60.